The van der Waals surface area contributed by atoms with Crippen LogP contribution in [0.15, 0.2) is 35.7 Å². The van der Waals surface area contributed by atoms with Gasteiger partial charge >= 0.3 is 0 Å². The number of carbonyl (C=O) groups excluding carboxylic acids is 2. The molecule has 108 valence electrons. The van der Waals surface area contributed by atoms with Crippen molar-refractivity contribution in [3.8, 4) is 5.75 Å². The molecule has 2 amide bonds. The van der Waals surface area contributed by atoms with Crippen LogP contribution >= 0.6 is 11.3 Å². The summed E-state index contributed by atoms with van der Waals surface area (Å²) in [5.41, 5.74) is 1.19. The molecular formula is C15H14N2O3S. The maximum absolute atomic E-state index is 12.1. The van der Waals surface area contributed by atoms with Crippen molar-refractivity contribution < 1.29 is 14.3 Å². The number of fused-ring (bicyclic) bond motifs is 1. The van der Waals surface area contributed by atoms with Gasteiger partial charge in [-0.3, -0.25) is 9.59 Å². The van der Waals surface area contributed by atoms with Crippen LogP contribution < -0.4 is 15.0 Å². The first-order valence-corrected chi connectivity index (χ1v) is 7.37. The number of amides is 2. The Kier molecular flexibility index (Phi) is 3.62. The predicted octanol–water partition coefficient (Wildman–Crippen LogP) is 2.28. The van der Waals surface area contributed by atoms with Gasteiger partial charge in [-0.15, -0.1) is 11.3 Å². The zero-order valence-corrected chi connectivity index (χ0v) is 12.3. The smallest absolute Gasteiger partial charge is 0.264 e. The lowest BCUT2D eigenvalue weighted by Crippen LogP contribution is -2.36. The highest BCUT2D eigenvalue weighted by Crippen LogP contribution is 2.38. The summed E-state index contributed by atoms with van der Waals surface area (Å²) in [6.07, 6.45) is 0.319. The number of ether oxygens (including phenoxy) is 1. The summed E-state index contributed by atoms with van der Waals surface area (Å²) in [6.45, 7) is 0.0239. The van der Waals surface area contributed by atoms with E-state index in [1.165, 1.54) is 4.90 Å². The highest BCUT2D eigenvalue weighted by molar-refractivity contribution is 7.10. The molecule has 2 heterocycles. The molecule has 0 unspecified atom stereocenters. The number of likely N-dealkylation sites (N-methyl/N-ethyl adjacent to an activating group) is 1. The van der Waals surface area contributed by atoms with E-state index < -0.39 is 0 Å². The third-order valence-corrected chi connectivity index (χ3v) is 4.13. The van der Waals surface area contributed by atoms with Crippen molar-refractivity contribution in [1.29, 1.82) is 0 Å². The summed E-state index contributed by atoms with van der Waals surface area (Å²) in [6, 6.07) is 9.18. The van der Waals surface area contributed by atoms with Gasteiger partial charge in [0.15, 0.2) is 6.61 Å². The minimum Gasteiger partial charge on any atom is -0.481 e. The van der Waals surface area contributed by atoms with Gasteiger partial charge in [0.05, 0.1) is 12.1 Å². The lowest BCUT2D eigenvalue weighted by Gasteiger charge is -2.28. The molecule has 0 fully saturated rings. The first-order valence-electron chi connectivity index (χ1n) is 6.50. The summed E-state index contributed by atoms with van der Waals surface area (Å²) in [5, 5.41) is 4.79. The summed E-state index contributed by atoms with van der Waals surface area (Å²) >= 11 is 1.54. The molecule has 0 saturated heterocycles. The fourth-order valence-corrected chi connectivity index (χ4v) is 2.92. The van der Waals surface area contributed by atoms with Crippen LogP contribution in [0.1, 0.15) is 4.88 Å². The Morgan fingerprint density at radius 2 is 2.24 bits per heavy atom. The topological polar surface area (TPSA) is 58.6 Å². The van der Waals surface area contributed by atoms with Gasteiger partial charge in [0.1, 0.15) is 11.4 Å². The van der Waals surface area contributed by atoms with Gasteiger partial charge < -0.3 is 15.0 Å². The number of nitrogens with zero attached hydrogens (tertiary/aromatic N) is 1. The Hall–Kier alpha value is -2.34. The molecule has 1 aromatic heterocycles. The molecule has 1 aliphatic heterocycles. The second kappa shape index (κ2) is 5.57. The van der Waals surface area contributed by atoms with Crippen LogP contribution in [0.25, 0.3) is 0 Å². The molecule has 0 saturated carbocycles. The minimum atomic E-state index is -0.137. The van der Waals surface area contributed by atoms with E-state index in [9.17, 15) is 9.59 Å². The molecule has 2 aromatic rings. The van der Waals surface area contributed by atoms with E-state index in [2.05, 4.69) is 5.32 Å². The number of hydrogen-bond acceptors (Lipinski definition) is 4. The maximum Gasteiger partial charge on any atom is 0.264 e. The van der Waals surface area contributed by atoms with Crippen LogP contribution in [0.2, 0.25) is 0 Å². The van der Waals surface area contributed by atoms with Crippen LogP contribution in [-0.2, 0) is 16.0 Å². The molecule has 0 radical (unpaired) electrons. The molecule has 0 spiro atoms. The van der Waals surface area contributed by atoms with E-state index in [1.807, 2.05) is 17.5 Å². The fourth-order valence-electron chi connectivity index (χ4n) is 2.21. The highest BCUT2D eigenvalue weighted by atomic mass is 32.1. The van der Waals surface area contributed by atoms with Gasteiger partial charge in [0, 0.05) is 11.9 Å². The SMILES string of the molecule is CN1C(=O)COc2cccc(NC(=O)Cc3cccs3)c21. The molecule has 0 atom stereocenters. The number of hydrogen-bond donors (Lipinski definition) is 1. The van der Waals surface area contributed by atoms with E-state index in [-0.39, 0.29) is 18.4 Å². The second-order valence-electron chi connectivity index (χ2n) is 4.70. The molecule has 1 aliphatic rings. The van der Waals surface area contributed by atoms with Gasteiger partial charge in [0.2, 0.25) is 5.91 Å². The van der Waals surface area contributed by atoms with Gasteiger partial charge in [-0.1, -0.05) is 12.1 Å². The molecule has 0 aliphatic carbocycles. The van der Waals surface area contributed by atoms with Crippen LogP contribution in [0.5, 0.6) is 5.75 Å². The monoisotopic (exact) mass is 302 g/mol. The Morgan fingerprint density at radius 1 is 1.38 bits per heavy atom. The number of rotatable bonds is 3. The Bertz CT molecular complexity index is 682. The van der Waals surface area contributed by atoms with E-state index in [4.69, 9.17) is 4.74 Å². The number of benzene rings is 1. The maximum atomic E-state index is 12.1. The molecular weight excluding hydrogens is 288 g/mol. The average molecular weight is 302 g/mol. The molecule has 21 heavy (non-hydrogen) atoms. The number of anilines is 2. The zero-order chi connectivity index (χ0) is 14.8. The van der Waals surface area contributed by atoms with Gasteiger partial charge in [-0.25, -0.2) is 0 Å². The van der Waals surface area contributed by atoms with Gasteiger partial charge in [-0.05, 0) is 23.6 Å². The van der Waals surface area contributed by atoms with E-state index >= 15 is 0 Å². The number of thiophene rings is 1. The number of carbonyl (C=O) groups is 2. The van der Waals surface area contributed by atoms with Crippen molar-refractivity contribution in [3.05, 3.63) is 40.6 Å². The largest absolute Gasteiger partial charge is 0.481 e. The first-order chi connectivity index (χ1) is 10.1. The average Bonchev–Trinajstić information content (AvgIpc) is 2.96. The quantitative estimate of drug-likeness (QED) is 0.946. The van der Waals surface area contributed by atoms with Crippen LogP contribution in [0, 0.1) is 0 Å². The molecule has 1 N–H and O–H groups in total. The van der Waals surface area contributed by atoms with Crippen LogP contribution in [0.3, 0.4) is 0 Å². The normalized spacial score (nSPS) is 13.6. The third kappa shape index (κ3) is 2.75. The predicted molar refractivity (Wildman–Crippen MR) is 82.0 cm³/mol. The minimum absolute atomic E-state index is 0.0239. The Balaban J connectivity index is 1.83. The van der Waals surface area contributed by atoms with Crippen LogP contribution in [0.4, 0.5) is 11.4 Å². The summed E-state index contributed by atoms with van der Waals surface area (Å²) in [7, 11) is 1.68. The van der Waals surface area contributed by atoms with E-state index in [1.54, 1.807) is 36.6 Å². The standard InChI is InChI=1S/C15H14N2O3S/c1-17-14(19)9-20-12-6-2-5-11(15(12)17)16-13(18)8-10-4-3-7-21-10/h2-7H,8-9H2,1H3,(H,16,18). The fraction of sp³-hybridized carbons (Fsp3) is 0.200. The Labute approximate surface area is 126 Å². The van der Waals surface area contributed by atoms with Crippen molar-refractivity contribution in [2.45, 2.75) is 6.42 Å². The molecule has 3 rings (SSSR count). The summed E-state index contributed by atoms with van der Waals surface area (Å²) in [4.78, 5) is 26.4. The zero-order valence-electron chi connectivity index (χ0n) is 11.5. The van der Waals surface area contributed by atoms with Gasteiger partial charge in [0.25, 0.3) is 5.91 Å². The lowest BCUT2D eigenvalue weighted by atomic mass is 10.2. The van der Waals surface area contributed by atoms with E-state index in [0.717, 1.165) is 4.88 Å². The molecule has 0 bridgehead atoms. The third-order valence-electron chi connectivity index (χ3n) is 3.25. The highest BCUT2D eigenvalue weighted by Gasteiger charge is 2.25. The molecule has 6 heteroatoms. The number of nitrogens with one attached hydrogen (secondary N) is 1. The molecule has 5 nitrogen and oxygen atoms in total. The van der Waals surface area contributed by atoms with E-state index in [0.29, 0.717) is 23.5 Å². The van der Waals surface area contributed by atoms with Crippen molar-refractivity contribution >= 4 is 34.5 Å². The summed E-state index contributed by atoms with van der Waals surface area (Å²) < 4.78 is 5.39. The van der Waals surface area contributed by atoms with Crippen molar-refractivity contribution in [3.63, 3.8) is 0 Å². The lowest BCUT2D eigenvalue weighted by molar-refractivity contribution is -0.121. The van der Waals surface area contributed by atoms with Crippen LogP contribution in [-0.4, -0.2) is 25.5 Å². The summed E-state index contributed by atoms with van der Waals surface area (Å²) in [5.74, 6) is 0.353. The Morgan fingerprint density at radius 3 is 3.00 bits per heavy atom. The number of para-hydroxylation sites is 1. The first kappa shape index (κ1) is 13.6. The van der Waals surface area contributed by atoms with Crippen molar-refractivity contribution in [2.24, 2.45) is 0 Å². The van der Waals surface area contributed by atoms with Gasteiger partial charge in [-0.2, -0.15) is 0 Å². The van der Waals surface area contributed by atoms with Crippen molar-refractivity contribution in [1.82, 2.24) is 0 Å². The molecule has 1 aromatic carbocycles. The second-order valence-corrected chi connectivity index (χ2v) is 5.73. The van der Waals surface area contributed by atoms with Crippen molar-refractivity contribution in [2.75, 3.05) is 23.9 Å².